The number of anilines is 1. The number of aromatic nitrogens is 3. The maximum absolute atomic E-state index is 13.0. The van der Waals surface area contributed by atoms with Gasteiger partial charge in [-0.2, -0.15) is 0 Å². The van der Waals surface area contributed by atoms with Crippen molar-refractivity contribution >= 4 is 52.2 Å². The number of aliphatic hydroxyl groups is 1. The summed E-state index contributed by atoms with van der Waals surface area (Å²) >= 11 is 1.37. The number of nitrogen functional groups attached to an aromatic ring is 1. The Hall–Kier alpha value is -2.16. The fourth-order valence-electron chi connectivity index (χ4n) is 4.89. The number of nitrogens with zero attached hydrogens (tertiary/aromatic N) is 3. The van der Waals surface area contributed by atoms with Crippen LogP contribution in [0.25, 0.3) is 11.0 Å². The normalized spacial score (nSPS) is 20.1. The first kappa shape index (κ1) is 38.6. The molecule has 1 aliphatic rings. The van der Waals surface area contributed by atoms with E-state index in [0.717, 1.165) is 5.56 Å². The van der Waals surface area contributed by atoms with Crippen molar-refractivity contribution in [2.45, 2.75) is 37.2 Å². The Morgan fingerprint density at radius 2 is 1.79 bits per heavy atom. The molecule has 24 heteroatoms. The van der Waals surface area contributed by atoms with Gasteiger partial charge in [0.1, 0.15) is 5.75 Å². The number of benzene rings is 1. The molecule has 270 valence electrons. The Morgan fingerprint density at radius 1 is 1.10 bits per heavy atom. The standard InChI is InChI=1S/C24H38N5O15P3S/c1-37-15-4-17(38-2)16(18(5-15)39-3)10-48-13-40-19-6-21(29-8-14(7-25)22-23(26)27-11-28-24(22)29)42-20(19)9-41-45(31,12-30)43-47(35,36)44-46(32,33)34/h4-5,8,11,19-21,30,35-36,47H,6-7,9-10,12-13,25H2,1-3H3,(H2,26,27,28)(H2,32,33,34)/t19?,20-,21-,45?/m1/s1. The third-order valence-corrected chi connectivity index (χ3v) is 12.6. The van der Waals surface area contributed by atoms with E-state index in [9.17, 15) is 24.0 Å². The van der Waals surface area contributed by atoms with Crippen molar-refractivity contribution in [1.82, 2.24) is 14.5 Å². The topological polar surface area (TPSA) is 292 Å². The van der Waals surface area contributed by atoms with Crippen LogP contribution in [0.2, 0.25) is 0 Å². The Balaban J connectivity index is 1.53. The molecular weight excluding hydrogens is 723 g/mol. The number of phosphoric acid groups is 1. The molecule has 1 aromatic carbocycles. The Kier molecular flexibility index (Phi) is 13.1. The van der Waals surface area contributed by atoms with Crippen LogP contribution in [0.1, 0.15) is 23.8 Å². The second-order valence-corrected chi connectivity index (χ2v) is 16.3. The first-order valence-corrected chi connectivity index (χ1v) is 20.0. The molecule has 2 aromatic heterocycles. The van der Waals surface area contributed by atoms with Crippen molar-refractivity contribution in [2.24, 2.45) is 5.73 Å². The molecule has 3 aromatic rings. The number of nitrogens with two attached hydrogens (primary N) is 2. The van der Waals surface area contributed by atoms with Crippen LogP contribution >= 0.6 is 35.4 Å². The summed E-state index contributed by atoms with van der Waals surface area (Å²) in [7, 11) is -11.5. The number of hydrogen-bond acceptors (Lipinski definition) is 18. The van der Waals surface area contributed by atoms with Crippen LogP contribution in [0.5, 0.6) is 17.2 Å². The van der Waals surface area contributed by atoms with Crippen LogP contribution in [0.15, 0.2) is 24.7 Å². The number of aliphatic hydroxyl groups excluding tert-OH is 1. The van der Waals surface area contributed by atoms with Crippen LogP contribution in [0.4, 0.5) is 5.82 Å². The smallest absolute Gasteiger partial charge is 0.496 e. The Morgan fingerprint density at radius 3 is 2.38 bits per heavy atom. The van der Waals surface area contributed by atoms with Crippen LogP contribution < -0.4 is 25.7 Å². The molecule has 48 heavy (non-hydrogen) atoms. The van der Waals surface area contributed by atoms with E-state index in [2.05, 4.69) is 18.6 Å². The molecule has 1 saturated heterocycles. The molecule has 0 radical (unpaired) electrons. The van der Waals surface area contributed by atoms with E-state index in [4.69, 9.17) is 49.5 Å². The number of methoxy groups -OCH3 is 3. The minimum Gasteiger partial charge on any atom is -0.496 e. The number of thioether (sulfide) groups is 1. The van der Waals surface area contributed by atoms with Gasteiger partial charge in [0, 0.05) is 12.1 Å². The summed E-state index contributed by atoms with van der Waals surface area (Å²) in [6.07, 6.45) is -0.701. The molecule has 4 atom stereocenters. The summed E-state index contributed by atoms with van der Waals surface area (Å²) in [4.78, 5) is 45.8. The summed E-state index contributed by atoms with van der Waals surface area (Å²) in [5, 5.41) is 10.2. The number of hydrogen-bond donors (Lipinski definition) is 7. The molecule has 1 aliphatic heterocycles. The van der Waals surface area contributed by atoms with Gasteiger partial charge in [0.25, 0.3) is 0 Å². The predicted octanol–water partition coefficient (Wildman–Crippen LogP) is 1.74. The van der Waals surface area contributed by atoms with Gasteiger partial charge < -0.3 is 14.2 Å². The van der Waals surface area contributed by atoms with Crippen molar-refractivity contribution in [3.8, 4) is 17.2 Å². The van der Waals surface area contributed by atoms with Crippen LogP contribution in [0, 0.1) is 0 Å². The quantitative estimate of drug-likeness (QED) is 0.0552. The molecule has 2 unspecified atom stereocenters. The molecule has 0 aliphatic carbocycles. The fourth-order valence-corrected chi connectivity index (χ4v) is 9.76. The monoisotopic (exact) mass is 761 g/mol. The molecule has 3 heterocycles. The third-order valence-electron chi connectivity index (χ3n) is 6.96. The molecule has 0 spiro atoms. The fraction of sp³-hybridized carbons (Fsp3) is 0.500. The summed E-state index contributed by atoms with van der Waals surface area (Å²) in [5.74, 6) is 2.36. The zero-order valence-electron chi connectivity index (χ0n) is 25.9. The van der Waals surface area contributed by atoms with E-state index in [-0.39, 0.29) is 24.7 Å². The van der Waals surface area contributed by atoms with Crippen molar-refractivity contribution in [3.63, 3.8) is 0 Å². The van der Waals surface area contributed by atoms with E-state index in [1.54, 1.807) is 22.9 Å². The molecule has 9 N–H and O–H groups in total. The van der Waals surface area contributed by atoms with Gasteiger partial charge in [-0.15, -0.1) is 0 Å². The van der Waals surface area contributed by atoms with E-state index in [0.29, 0.717) is 39.6 Å². The van der Waals surface area contributed by atoms with Gasteiger partial charge in [-0.25, -0.2) is 0 Å². The van der Waals surface area contributed by atoms with Gasteiger partial charge >= 0.3 is 226 Å². The Labute approximate surface area is 279 Å². The van der Waals surface area contributed by atoms with Gasteiger partial charge in [0.05, 0.1) is 21.3 Å². The Bertz CT molecular complexity index is 1640. The average Bonchev–Trinajstić information content (AvgIpc) is 3.62. The van der Waals surface area contributed by atoms with Gasteiger partial charge in [-0.1, -0.05) is 0 Å². The summed E-state index contributed by atoms with van der Waals surface area (Å²) in [6, 6.07) is 3.44. The third kappa shape index (κ3) is 9.54. The van der Waals surface area contributed by atoms with Crippen LogP contribution in [0.3, 0.4) is 0 Å². The number of rotatable bonds is 18. The zero-order valence-corrected chi connectivity index (χ0v) is 29.5. The van der Waals surface area contributed by atoms with Crippen LogP contribution in [-0.2, 0) is 44.0 Å². The van der Waals surface area contributed by atoms with Crippen molar-refractivity contribution in [2.75, 3.05) is 46.0 Å². The molecule has 0 amide bonds. The second kappa shape index (κ2) is 16.2. The first-order valence-electron chi connectivity index (χ1n) is 13.9. The number of fused-ring (bicyclic) bond motifs is 1. The van der Waals surface area contributed by atoms with Crippen molar-refractivity contribution < 1.29 is 70.6 Å². The summed E-state index contributed by atoms with van der Waals surface area (Å²) in [5.41, 5.74) is 13.8. The minimum atomic E-state index is -5.73. The van der Waals surface area contributed by atoms with Gasteiger partial charge in [-0.05, 0) is 0 Å². The van der Waals surface area contributed by atoms with Crippen molar-refractivity contribution in [1.29, 1.82) is 0 Å². The van der Waals surface area contributed by atoms with Gasteiger partial charge in [0.15, 0.2) is 0 Å². The average molecular weight is 762 g/mol. The zero-order chi connectivity index (χ0) is 35.3. The number of ether oxygens (including phenoxy) is 5. The van der Waals surface area contributed by atoms with E-state index < -0.39 is 55.0 Å². The predicted molar refractivity (Wildman–Crippen MR) is 173 cm³/mol. The first-order chi connectivity index (χ1) is 22.7. The molecule has 4 rings (SSSR count). The maximum atomic E-state index is 13.0. The summed E-state index contributed by atoms with van der Waals surface area (Å²) in [6.45, 7) is -0.471. The van der Waals surface area contributed by atoms with Gasteiger partial charge in [0.2, 0.25) is 0 Å². The van der Waals surface area contributed by atoms with Gasteiger partial charge in [-0.3, -0.25) is 0 Å². The van der Waals surface area contributed by atoms with E-state index >= 15 is 0 Å². The van der Waals surface area contributed by atoms with Crippen molar-refractivity contribution in [3.05, 3.63) is 35.8 Å². The second-order valence-electron chi connectivity index (χ2n) is 10.0. The summed E-state index contributed by atoms with van der Waals surface area (Å²) < 4.78 is 68.0. The van der Waals surface area contributed by atoms with E-state index in [1.165, 1.54) is 39.4 Å². The van der Waals surface area contributed by atoms with Crippen LogP contribution in [-0.4, -0.2) is 91.6 Å². The minimum absolute atomic E-state index is 0.110. The molecule has 0 saturated carbocycles. The SMILES string of the molecule is COc1cc(OC)c(CSCOC2C[C@H](n3cc(CN)c4c(N)ncnc43)O[C@@H]2COP(=O)(CO)O[PH](O)(O)OP(=O)(O)O)c(OC)c1. The molecular formula is C24H38N5O15P3S. The van der Waals surface area contributed by atoms with E-state index in [1.807, 2.05) is 0 Å². The molecule has 20 nitrogen and oxygen atoms in total. The molecule has 0 bridgehead atoms. The molecule has 1 fully saturated rings.